The van der Waals surface area contributed by atoms with Crippen molar-refractivity contribution in [3.63, 3.8) is 0 Å². The van der Waals surface area contributed by atoms with Gasteiger partial charge in [-0.3, -0.25) is 0 Å². The number of nitrogens with zero attached hydrogens (tertiary/aromatic N) is 2. The molecular weight excluding hydrogens is 328 g/mol. The Labute approximate surface area is 144 Å². The fourth-order valence-electron chi connectivity index (χ4n) is 2.54. The zero-order valence-electron chi connectivity index (χ0n) is 14.5. The Bertz CT molecular complexity index is 683. The highest BCUT2D eigenvalue weighted by Crippen LogP contribution is 2.24. The molecule has 1 aromatic carbocycles. The standard InChI is InChI=1S/C16H26N4O3S/c1-4-7-17-16(21)18-14-6-5-13(2)15(12-14)24(22,23)20-10-8-19(3)9-11-20/h5-6,12H,4,7-11H2,1-3H3,(H2,17,18,21). The van der Waals surface area contributed by atoms with Gasteiger partial charge in [0.05, 0.1) is 4.90 Å². The lowest BCUT2D eigenvalue weighted by Gasteiger charge is -2.32. The minimum atomic E-state index is -3.56. The molecule has 0 spiro atoms. The molecule has 2 N–H and O–H groups in total. The summed E-state index contributed by atoms with van der Waals surface area (Å²) >= 11 is 0. The number of sulfonamides is 1. The van der Waals surface area contributed by atoms with Gasteiger partial charge < -0.3 is 15.5 Å². The van der Waals surface area contributed by atoms with Gasteiger partial charge in [0.25, 0.3) is 0 Å². The lowest BCUT2D eigenvalue weighted by molar-refractivity contribution is 0.222. The van der Waals surface area contributed by atoms with Crippen molar-refractivity contribution < 1.29 is 13.2 Å². The van der Waals surface area contributed by atoms with Crippen LogP contribution in [0.2, 0.25) is 0 Å². The van der Waals surface area contributed by atoms with E-state index in [-0.39, 0.29) is 10.9 Å². The van der Waals surface area contributed by atoms with Crippen LogP contribution in [0.4, 0.5) is 10.5 Å². The highest BCUT2D eigenvalue weighted by atomic mass is 32.2. The van der Waals surface area contributed by atoms with E-state index in [1.54, 1.807) is 19.1 Å². The van der Waals surface area contributed by atoms with E-state index in [4.69, 9.17) is 0 Å². The maximum atomic E-state index is 12.9. The molecule has 2 rings (SSSR count). The summed E-state index contributed by atoms with van der Waals surface area (Å²) in [7, 11) is -1.58. The maximum Gasteiger partial charge on any atom is 0.319 e. The highest BCUT2D eigenvalue weighted by Gasteiger charge is 2.28. The Balaban J connectivity index is 2.19. The van der Waals surface area contributed by atoms with E-state index in [1.807, 2.05) is 14.0 Å². The van der Waals surface area contributed by atoms with Gasteiger partial charge in [0.15, 0.2) is 0 Å². The number of piperazine rings is 1. The van der Waals surface area contributed by atoms with Crippen molar-refractivity contribution in [1.29, 1.82) is 0 Å². The van der Waals surface area contributed by atoms with Crippen LogP contribution in [0, 0.1) is 6.92 Å². The number of hydrogen-bond donors (Lipinski definition) is 2. The van der Waals surface area contributed by atoms with Gasteiger partial charge in [0.1, 0.15) is 0 Å². The second kappa shape index (κ2) is 7.96. The Morgan fingerprint density at radius 1 is 1.21 bits per heavy atom. The zero-order chi connectivity index (χ0) is 17.7. The van der Waals surface area contributed by atoms with Crippen LogP contribution < -0.4 is 10.6 Å². The van der Waals surface area contributed by atoms with Gasteiger partial charge in [-0.1, -0.05) is 13.0 Å². The van der Waals surface area contributed by atoms with Crippen LogP contribution in [-0.2, 0) is 10.0 Å². The smallest absolute Gasteiger partial charge is 0.319 e. The van der Waals surface area contributed by atoms with E-state index >= 15 is 0 Å². The molecule has 24 heavy (non-hydrogen) atoms. The molecule has 0 aliphatic carbocycles. The quantitative estimate of drug-likeness (QED) is 0.839. The van der Waals surface area contributed by atoms with Crippen LogP contribution in [0.3, 0.4) is 0 Å². The van der Waals surface area contributed by atoms with Gasteiger partial charge in [0.2, 0.25) is 10.0 Å². The van der Waals surface area contributed by atoms with Crippen molar-refractivity contribution in [2.75, 3.05) is 45.1 Å². The Hall–Kier alpha value is -1.64. The lowest BCUT2D eigenvalue weighted by Crippen LogP contribution is -2.47. The first kappa shape index (κ1) is 18.7. The van der Waals surface area contributed by atoms with Crippen molar-refractivity contribution in [2.45, 2.75) is 25.2 Å². The van der Waals surface area contributed by atoms with E-state index < -0.39 is 10.0 Å². The van der Waals surface area contributed by atoms with Gasteiger partial charge in [-0.2, -0.15) is 4.31 Å². The topological polar surface area (TPSA) is 81.8 Å². The highest BCUT2D eigenvalue weighted by molar-refractivity contribution is 7.89. The van der Waals surface area contributed by atoms with E-state index in [0.29, 0.717) is 30.9 Å². The summed E-state index contributed by atoms with van der Waals surface area (Å²) in [4.78, 5) is 14.1. The molecule has 7 nitrogen and oxygen atoms in total. The van der Waals surface area contributed by atoms with E-state index in [1.165, 1.54) is 10.4 Å². The largest absolute Gasteiger partial charge is 0.338 e. The van der Waals surface area contributed by atoms with Gasteiger partial charge in [0, 0.05) is 38.4 Å². The number of likely N-dealkylation sites (N-methyl/N-ethyl adjacent to an activating group) is 1. The Morgan fingerprint density at radius 2 is 1.88 bits per heavy atom. The molecule has 8 heteroatoms. The van der Waals surface area contributed by atoms with Crippen molar-refractivity contribution in [1.82, 2.24) is 14.5 Å². The monoisotopic (exact) mass is 354 g/mol. The van der Waals surface area contributed by atoms with Crippen LogP contribution in [0.15, 0.2) is 23.1 Å². The number of carbonyl (C=O) groups excluding carboxylic acids is 1. The number of carbonyl (C=O) groups is 1. The van der Waals surface area contributed by atoms with E-state index in [9.17, 15) is 13.2 Å². The summed E-state index contributed by atoms with van der Waals surface area (Å²) < 4.78 is 27.3. The average molecular weight is 354 g/mol. The van der Waals surface area contributed by atoms with Crippen molar-refractivity contribution >= 4 is 21.7 Å². The number of rotatable bonds is 5. The molecule has 0 radical (unpaired) electrons. The molecule has 0 bridgehead atoms. The van der Waals surface area contributed by atoms with E-state index in [0.717, 1.165) is 19.5 Å². The zero-order valence-corrected chi connectivity index (χ0v) is 15.3. The number of nitrogens with one attached hydrogen (secondary N) is 2. The number of anilines is 1. The van der Waals surface area contributed by atoms with Gasteiger partial charge >= 0.3 is 6.03 Å². The van der Waals surface area contributed by atoms with E-state index in [2.05, 4.69) is 15.5 Å². The predicted octanol–water partition coefficient (Wildman–Crippen LogP) is 1.46. The predicted molar refractivity (Wildman–Crippen MR) is 94.7 cm³/mol. The number of amides is 2. The SMILES string of the molecule is CCCNC(=O)Nc1ccc(C)c(S(=O)(=O)N2CCN(C)CC2)c1. The molecule has 0 atom stereocenters. The van der Waals surface area contributed by atoms with Gasteiger partial charge in [-0.25, -0.2) is 13.2 Å². The average Bonchev–Trinajstić information content (AvgIpc) is 2.55. The first-order valence-corrected chi connectivity index (χ1v) is 9.63. The third-order valence-corrected chi connectivity index (χ3v) is 6.10. The van der Waals surface area contributed by atoms with Crippen LogP contribution >= 0.6 is 0 Å². The number of urea groups is 1. The molecule has 1 fully saturated rings. The third-order valence-electron chi connectivity index (χ3n) is 4.06. The Morgan fingerprint density at radius 3 is 2.50 bits per heavy atom. The molecule has 0 aromatic heterocycles. The van der Waals surface area contributed by atoms with Crippen LogP contribution in [0.25, 0.3) is 0 Å². The number of hydrogen-bond acceptors (Lipinski definition) is 4. The van der Waals surface area contributed by atoms with Crippen LogP contribution in [0.1, 0.15) is 18.9 Å². The molecule has 0 unspecified atom stereocenters. The van der Waals surface area contributed by atoms with Crippen LogP contribution in [0.5, 0.6) is 0 Å². The van der Waals surface area contributed by atoms with Gasteiger partial charge in [-0.15, -0.1) is 0 Å². The minimum absolute atomic E-state index is 0.250. The first-order valence-electron chi connectivity index (χ1n) is 8.18. The second-order valence-corrected chi connectivity index (χ2v) is 7.97. The van der Waals surface area contributed by atoms with Crippen molar-refractivity contribution in [3.05, 3.63) is 23.8 Å². The molecule has 1 aliphatic rings. The fraction of sp³-hybridized carbons (Fsp3) is 0.562. The summed E-state index contributed by atoms with van der Waals surface area (Å²) in [5, 5.41) is 5.39. The third kappa shape index (κ3) is 4.46. The lowest BCUT2D eigenvalue weighted by atomic mass is 10.2. The summed E-state index contributed by atoms with van der Waals surface area (Å²) in [6.45, 7) is 6.70. The molecule has 1 aromatic rings. The molecule has 1 saturated heterocycles. The molecule has 2 amide bonds. The number of aryl methyl sites for hydroxylation is 1. The first-order chi connectivity index (χ1) is 11.3. The summed E-state index contributed by atoms with van der Waals surface area (Å²) in [5.74, 6) is 0. The Kier molecular flexibility index (Phi) is 6.20. The number of benzene rings is 1. The molecule has 1 aliphatic heterocycles. The second-order valence-electron chi connectivity index (χ2n) is 6.07. The normalized spacial score (nSPS) is 16.8. The molecule has 1 heterocycles. The van der Waals surface area contributed by atoms with Crippen molar-refractivity contribution in [2.24, 2.45) is 0 Å². The minimum Gasteiger partial charge on any atom is -0.338 e. The fourth-order valence-corrected chi connectivity index (χ4v) is 4.21. The van der Waals surface area contributed by atoms with Gasteiger partial charge in [-0.05, 0) is 38.1 Å². The molecule has 134 valence electrons. The summed E-state index contributed by atoms with van der Waals surface area (Å²) in [6, 6.07) is 4.64. The van der Waals surface area contributed by atoms with Crippen LogP contribution in [-0.4, -0.2) is 63.4 Å². The molecule has 0 saturated carbocycles. The summed E-state index contributed by atoms with van der Waals surface area (Å²) in [6.07, 6.45) is 0.838. The maximum absolute atomic E-state index is 12.9. The summed E-state index contributed by atoms with van der Waals surface area (Å²) in [5.41, 5.74) is 1.15. The van der Waals surface area contributed by atoms with Crippen molar-refractivity contribution in [3.8, 4) is 0 Å². The molecular formula is C16H26N4O3S.